The van der Waals surface area contributed by atoms with Crippen LogP contribution < -0.4 is 19.9 Å². The summed E-state index contributed by atoms with van der Waals surface area (Å²) >= 11 is 0. The number of alkyl halides is 3. The zero-order valence-electron chi connectivity index (χ0n) is 26.7. The van der Waals surface area contributed by atoms with Crippen molar-refractivity contribution in [3.8, 4) is 11.5 Å². The smallest absolute Gasteiger partial charge is 0.430 e. The Morgan fingerprint density at radius 3 is 1.85 bits per heavy atom. The van der Waals surface area contributed by atoms with Crippen LogP contribution in [0.5, 0.6) is 11.5 Å². The molecule has 0 spiro atoms. The van der Waals surface area contributed by atoms with Gasteiger partial charge in [0.25, 0.3) is 5.91 Å². The molecule has 10 nitrogen and oxygen atoms in total. The van der Waals surface area contributed by atoms with Gasteiger partial charge in [-0.2, -0.15) is 13.2 Å². The van der Waals surface area contributed by atoms with Crippen molar-refractivity contribution < 1.29 is 56.5 Å². The van der Waals surface area contributed by atoms with E-state index >= 15 is 0 Å². The quantitative estimate of drug-likeness (QED) is 0.180. The van der Waals surface area contributed by atoms with Crippen molar-refractivity contribution in [2.24, 2.45) is 5.92 Å². The van der Waals surface area contributed by atoms with E-state index in [0.717, 1.165) is 49.9 Å². The van der Waals surface area contributed by atoms with E-state index in [2.05, 4.69) is 5.32 Å². The van der Waals surface area contributed by atoms with E-state index < -0.39 is 23.7 Å². The van der Waals surface area contributed by atoms with Crippen LogP contribution >= 0.6 is 0 Å². The van der Waals surface area contributed by atoms with Gasteiger partial charge in [-0.05, 0) is 23.3 Å². The minimum atomic E-state index is -5.19. The fourth-order valence-electron chi connectivity index (χ4n) is 6.31. The maximum atomic E-state index is 13.7. The number of hydrogen-bond donors (Lipinski definition) is 2. The lowest BCUT2D eigenvalue weighted by Gasteiger charge is -2.52. The van der Waals surface area contributed by atoms with Crippen LogP contribution in [-0.2, 0) is 19.9 Å². The Morgan fingerprint density at radius 2 is 1.40 bits per heavy atom. The van der Waals surface area contributed by atoms with Gasteiger partial charge < -0.3 is 39.0 Å². The van der Waals surface area contributed by atoms with Crippen LogP contribution in [0.1, 0.15) is 40.7 Å². The number of aliphatic carboxylic acids is 1. The molecule has 3 saturated heterocycles. The predicted octanol–water partition coefficient (Wildman–Crippen LogP) is 3.21. The number of carbonyl (C=O) groups excluding carboxylic acids is 3. The molecule has 3 aromatic carbocycles. The zero-order valence-corrected chi connectivity index (χ0v) is 26.7. The second kappa shape index (κ2) is 15.5. The summed E-state index contributed by atoms with van der Waals surface area (Å²) in [6, 6.07) is 23.1. The van der Waals surface area contributed by atoms with Crippen LogP contribution in [-0.4, -0.2) is 86.7 Å². The van der Waals surface area contributed by atoms with E-state index in [-0.39, 0.29) is 17.9 Å². The van der Waals surface area contributed by atoms with Gasteiger partial charge in [-0.3, -0.25) is 4.79 Å². The molecule has 0 unspecified atom stereocenters. The maximum absolute atomic E-state index is 13.7. The lowest BCUT2D eigenvalue weighted by Crippen LogP contribution is -2.65. The molecule has 0 radical (unpaired) electrons. The minimum absolute atomic E-state index is 0.174. The SMILES string of the molecule is COc1cc(OC)cc(C(=O)NCCC[N+]23CCC(CC2)[C@@H](OC(=O)C(O)(c2ccccc2)c2ccccc2)C3)c1.O=C([O-])C(F)(F)F. The van der Waals surface area contributed by atoms with Crippen LogP contribution in [0, 0.1) is 5.92 Å². The molecule has 6 rings (SSSR count). The number of amides is 1. The van der Waals surface area contributed by atoms with Gasteiger partial charge in [0.15, 0.2) is 6.10 Å². The third-order valence-electron chi connectivity index (χ3n) is 8.92. The molecule has 13 heteroatoms. The van der Waals surface area contributed by atoms with Crippen molar-refractivity contribution in [2.45, 2.75) is 37.1 Å². The average Bonchev–Trinajstić information content (AvgIpc) is 3.10. The molecular weight excluding hydrogens is 633 g/mol. The molecule has 48 heavy (non-hydrogen) atoms. The molecule has 3 aliphatic rings. The predicted molar refractivity (Wildman–Crippen MR) is 166 cm³/mol. The first-order chi connectivity index (χ1) is 22.8. The summed E-state index contributed by atoms with van der Waals surface area (Å²) in [4.78, 5) is 35.3. The van der Waals surface area contributed by atoms with Crippen LogP contribution in [0.25, 0.3) is 0 Å². The Balaban J connectivity index is 0.000000671. The number of nitrogens with one attached hydrogen (secondary N) is 1. The number of quaternary nitrogens is 1. The van der Waals surface area contributed by atoms with Crippen molar-refractivity contribution >= 4 is 17.8 Å². The lowest BCUT2D eigenvalue weighted by molar-refractivity contribution is -0.946. The number of rotatable bonds is 11. The van der Waals surface area contributed by atoms with Gasteiger partial charge in [-0.15, -0.1) is 0 Å². The fraction of sp³-hybridized carbons (Fsp3) is 0.400. The Morgan fingerprint density at radius 1 is 0.896 bits per heavy atom. The van der Waals surface area contributed by atoms with Crippen LogP contribution in [0.3, 0.4) is 0 Å². The number of ether oxygens (including phenoxy) is 3. The summed E-state index contributed by atoms with van der Waals surface area (Å²) in [5.41, 5.74) is -0.410. The molecule has 1 atom stereocenters. The molecule has 0 saturated carbocycles. The lowest BCUT2D eigenvalue weighted by atomic mass is 9.82. The monoisotopic (exact) mass is 672 g/mol. The molecule has 3 heterocycles. The molecular formula is C35H39F3N2O8. The number of halogens is 3. The highest BCUT2D eigenvalue weighted by atomic mass is 19.4. The van der Waals surface area contributed by atoms with Crippen molar-refractivity contribution in [3.05, 3.63) is 95.6 Å². The van der Waals surface area contributed by atoms with E-state index in [0.29, 0.717) is 34.7 Å². The first kappa shape index (κ1) is 36.2. The Hall–Kier alpha value is -4.62. The number of fused-ring (bicyclic) bond motifs is 3. The van der Waals surface area contributed by atoms with Crippen molar-refractivity contribution in [3.63, 3.8) is 0 Å². The Bertz CT molecular complexity index is 1480. The highest BCUT2D eigenvalue weighted by molar-refractivity contribution is 5.95. The number of carboxylic acids is 1. The highest BCUT2D eigenvalue weighted by Crippen LogP contribution is 2.38. The van der Waals surface area contributed by atoms with Gasteiger partial charge in [-0.1, -0.05) is 60.7 Å². The topological polar surface area (TPSA) is 134 Å². The number of methoxy groups -OCH3 is 2. The molecule has 0 aromatic heterocycles. The zero-order chi connectivity index (χ0) is 35.0. The van der Waals surface area contributed by atoms with Crippen molar-refractivity contribution in [2.75, 3.05) is 46.9 Å². The van der Waals surface area contributed by atoms with Gasteiger partial charge in [0.2, 0.25) is 5.60 Å². The van der Waals surface area contributed by atoms with Gasteiger partial charge in [0.05, 0.1) is 33.9 Å². The number of benzene rings is 3. The van der Waals surface area contributed by atoms with E-state index in [9.17, 15) is 27.9 Å². The second-order valence-electron chi connectivity index (χ2n) is 11.9. The minimum Gasteiger partial charge on any atom is -0.542 e. The van der Waals surface area contributed by atoms with Crippen molar-refractivity contribution in [1.29, 1.82) is 0 Å². The summed E-state index contributed by atoms with van der Waals surface area (Å²) in [7, 11) is 3.11. The third-order valence-corrected chi connectivity index (χ3v) is 8.92. The summed E-state index contributed by atoms with van der Waals surface area (Å²) in [6.45, 7) is 4.19. The normalized spacial score (nSPS) is 20.1. The van der Waals surface area contributed by atoms with E-state index in [4.69, 9.17) is 24.1 Å². The van der Waals surface area contributed by atoms with Gasteiger partial charge in [0.1, 0.15) is 24.0 Å². The van der Waals surface area contributed by atoms with Crippen LogP contribution in [0.15, 0.2) is 78.9 Å². The van der Waals surface area contributed by atoms with E-state index in [1.165, 1.54) is 0 Å². The molecule has 0 aliphatic carbocycles. The maximum Gasteiger partial charge on any atom is 0.430 e. The van der Waals surface area contributed by atoms with Crippen LogP contribution in [0.2, 0.25) is 0 Å². The van der Waals surface area contributed by atoms with Gasteiger partial charge >= 0.3 is 12.1 Å². The van der Waals surface area contributed by atoms with E-state index in [1.807, 2.05) is 36.4 Å². The molecule has 3 aromatic rings. The number of piperidine rings is 3. The fourth-order valence-corrected chi connectivity index (χ4v) is 6.31. The largest absolute Gasteiger partial charge is 0.542 e. The molecule has 3 aliphatic heterocycles. The summed E-state index contributed by atoms with van der Waals surface area (Å²) in [6.07, 6.45) is -2.70. The highest BCUT2D eigenvalue weighted by Gasteiger charge is 2.50. The number of carboxylic acid groups (broad SMARTS) is 1. The third kappa shape index (κ3) is 8.64. The Kier molecular flexibility index (Phi) is 11.7. The van der Waals surface area contributed by atoms with Crippen molar-refractivity contribution in [1.82, 2.24) is 5.32 Å². The summed E-state index contributed by atoms with van der Waals surface area (Å²) < 4.78 is 49.1. The first-order valence-corrected chi connectivity index (χ1v) is 15.5. The van der Waals surface area contributed by atoms with E-state index in [1.54, 1.807) is 56.7 Å². The Labute approximate surface area is 276 Å². The second-order valence-corrected chi connectivity index (χ2v) is 11.9. The molecule has 258 valence electrons. The standard InChI is InChI=1S/C33H38N2O6.C2HF3O2/c1-39-28-20-25(21-29(22-28)40-2)31(36)34-16-9-17-35-18-14-24(15-19-35)30(23-35)41-32(37)33(38,26-10-5-3-6-11-26)27-12-7-4-8-13-27;3-2(4,5)1(6)7/h3-8,10-13,20-22,24,30,38H,9,14-19,23H2,1-2H3;(H,6,7)/t24?,30-,35?;/m0./s1. The molecule has 3 fully saturated rings. The summed E-state index contributed by atoms with van der Waals surface area (Å²) in [5.74, 6) is -2.39. The van der Waals surface area contributed by atoms with Crippen LogP contribution in [0.4, 0.5) is 13.2 Å². The molecule has 2 N–H and O–H groups in total. The molecule has 1 amide bonds. The average molecular weight is 673 g/mol. The number of esters is 1. The van der Waals surface area contributed by atoms with Gasteiger partial charge in [0, 0.05) is 43.4 Å². The van der Waals surface area contributed by atoms with Gasteiger partial charge in [-0.25, -0.2) is 4.79 Å². The molecule has 2 bridgehead atoms. The summed E-state index contributed by atoms with van der Waals surface area (Å²) in [5, 5.41) is 23.6. The first-order valence-electron chi connectivity index (χ1n) is 15.5. The number of aliphatic hydroxyl groups is 1. The number of nitrogens with zero attached hydrogens (tertiary/aromatic N) is 1. The number of hydrogen-bond acceptors (Lipinski definition) is 8. The number of carbonyl (C=O) groups is 3.